The predicted octanol–water partition coefficient (Wildman–Crippen LogP) is 1.84. The number of nitrogens with two attached hydrogens (primary N) is 1. The molecule has 1 aliphatic heterocycles. The van der Waals surface area contributed by atoms with Crippen LogP contribution in [0.25, 0.3) is 0 Å². The highest BCUT2D eigenvalue weighted by Crippen LogP contribution is 2.13. The van der Waals surface area contributed by atoms with E-state index in [2.05, 4.69) is 0 Å². The molecule has 4 heteroatoms. The first-order chi connectivity index (χ1) is 9.18. The van der Waals surface area contributed by atoms with Gasteiger partial charge in [-0.3, -0.25) is 4.79 Å². The number of anilines is 1. The van der Waals surface area contributed by atoms with Gasteiger partial charge >= 0.3 is 0 Å². The second kappa shape index (κ2) is 6.57. The van der Waals surface area contributed by atoms with Crippen molar-refractivity contribution in [1.82, 2.24) is 4.90 Å². The molecule has 1 heterocycles. The van der Waals surface area contributed by atoms with Gasteiger partial charge in [0.2, 0.25) is 0 Å². The number of amides is 1. The summed E-state index contributed by atoms with van der Waals surface area (Å²) in [4.78, 5) is 13.9. The number of para-hydroxylation sites is 1. The Hall–Kier alpha value is -1.55. The van der Waals surface area contributed by atoms with E-state index in [1.54, 1.807) is 0 Å². The average Bonchev–Trinajstić information content (AvgIpc) is 2.94. The maximum absolute atomic E-state index is 12.0. The zero-order chi connectivity index (χ0) is 13.7. The summed E-state index contributed by atoms with van der Waals surface area (Å²) in [6, 6.07) is 7.75. The third kappa shape index (κ3) is 3.70. The van der Waals surface area contributed by atoms with E-state index in [-0.39, 0.29) is 12.0 Å². The molecule has 4 nitrogen and oxygen atoms in total. The van der Waals surface area contributed by atoms with Gasteiger partial charge in [0.1, 0.15) is 6.10 Å². The van der Waals surface area contributed by atoms with Gasteiger partial charge in [0.25, 0.3) is 5.91 Å². The standard InChI is InChI=1S/C15H22N2O2/c1-12(15(18)17-9-4-5-10-17)19-11-8-13-6-2-3-7-14(13)16/h2-3,6-7,12H,4-5,8-11,16H2,1H3. The van der Waals surface area contributed by atoms with E-state index in [1.165, 1.54) is 0 Å². The van der Waals surface area contributed by atoms with Gasteiger partial charge < -0.3 is 15.4 Å². The van der Waals surface area contributed by atoms with Crippen LogP contribution < -0.4 is 5.73 Å². The van der Waals surface area contributed by atoms with E-state index in [0.29, 0.717) is 6.61 Å². The Balaban J connectivity index is 1.76. The molecule has 0 saturated carbocycles. The van der Waals surface area contributed by atoms with Gasteiger partial charge in [-0.2, -0.15) is 0 Å². The number of benzene rings is 1. The lowest BCUT2D eigenvalue weighted by molar-refractivity contribution is -0.141. The van der Waals surface area contributed by atoms with E-state index < -0.39 is 0 Å². The highest BCUT2D eigenvalue weighted by atomic mass is 16.5. The monoisotopic (exact) mass is 262 g/mol. The van der Waals surface area contributed by atoms with Crippen molar-refractivity contribution in [2.24, 2.45) is 0 Å². The predicted molar refractivity (Wildman–Crippen MR) is 75.8 cm³/mol. The van der Waals surface area contributed by atoms with Crippen molar-refractivity contribution >= 4 is 11.6 Å². The molecule has 2 N–H and O–H groups in total. The van der Waals surface area contributed by atoms with Gasteiger partial charge in [0.05, 0.1) is 6.61 Å². The van der Waals surface area contributed by atoms with Crippen LogP contribution in [0.2, 0.25) is 0 Å². The summed E-state index contributed by atoms with van der Waals surface area (Å²) in [7, 11) is 0. The molecule has 1 atom stereocenters. The number of likely N-dealkylation sites (tertiary alicyclic amines) is 1. The zero-order valence-corrected chi connectivity index (χ0v) is 11.5. The van der Waals surface area contributed by atoms with Crippen molar-refractivity contribution in [1.29, 1.82) is 0 Å². The molecule has 0 bridgehead atoms. The SMILES string of the molecule is CC(OCCc1ccccc1N)C(=O)N1CCCC1. The molecule has 1 aromatic carbocycles. The normalized spacial score (nSPS) is 16.6. The fourth-order valence-electron chi connectivity index (χ4n) is 2.37. The quantitative estimate of drug-likeness (QED) is 0.824. The number of hydrogen-bond acceptors (Lipinski definition) is 3. The largest absolute Gasteiger partial charge is 0.399 e. The maximum atomic E-state index is 12.0. The summed E-state index contributed by atoms with van der Waals surface area (Å²) >= 11 is 0. The van der Waals surface area contributed by atoms with E-state index in [9.17, 15) is 4.79 Å². The molecular formula is C15H22N2O2. The van der Waals surface area contributed by atoms with Crippen LogP contribution in [0.15, 0.2) is 24.3 Å². The minimum atomic E-state index is -0.358. The van der Waals surface area contributed by atoms with Crippen LogP contribution >= 0.6 is 0 Å². The Morgan fingerprint density at radius 2 is 2.05 bits per heavy atom. The highest BCUT2D eigenvalue weighted by molar-refractivity contribution is 5.80. The average molecular weight is 262 g/mol. The van der Waals surface area contributed by atoms with E-state index in [1.807, 2.05) is 36.1 Å². The molecule has 1 saturated heterocycles. The maximum Gasteiger partial charge on any atom is 0.251 e. The first-order valence-electron chi connectivity index (χ1n) is 6.92. The number of carbonyl (C=O) groups excluding carboxylic acids is 1. The Morgan fingerprint density at radius 1 is 1.37 bits per heavy atom. The topological polar surface area (TPSA) is 55.6 Å². The number of ether oxygens (including phenoxy) is 1. The lowest BCUT2D eigenvalue weighted by atomic mass is 10.1. The van der Waals surface area contributed by atoms with Crippen molar-refractivity contribution in [2.45, 2.75) is 32.3 Å². The number of nitrogens with zero attached hydrogens (tertiary/aromatic N) is 1. The van der Waals surface area contributed by atoms with Crippen LogP contribution in [0.5, 0.6) is 0 Å². The molecule has 0 aromatic heterocycles. The van der Waals surface area contributed by atoms with Gasteiger partial charge in [-0.1, -0.05) is 18.2 Å². The minimum absolute atomic E-state index is 0.110. The summed E-state index contributed by atoms with van der Waals surface area (Å²) in [6.45, 7) is 4.10. The second-order valence-electron chi connectivity index (χ2n) is 4.99. The number of hydrogen-bond donors (Lipinski definition) is 1. The number of rotatable bonds is 5. The van der Waals surface area contributed by atoms with E-state index in [4.69, 9.17) is 10.5 Å². The summed E-state index contributed by atoms with van der Waals surface area (Å²) in [6.07, 6.45) is 2.60. The van der Waals surface area contributed by atoms with Gasteiger partial charge in [-0.15, -0.1) is 0 Å². The number of nitrogen functional groups attached to an aromatic ring is 1. The molecule has 104 valence electrons. The van der Waals surface area contributed by atoms with Crippen molar-refractivity contribution in [2.75, 3.05) is 25.4 Å². The molecule has 2 rings (SSSR count). The third-order valence-corrected chi connectivity index (χ3v) is 3.56. The van der Waals surface area contributed by atoms with Crippen molar-refractivity contribution in [3.63, 3.8) is 0 Å². The fraction of sp³-hybridized carbons (Fsp3) is 0.533. The smallest absolute Gasteiger partial charge is 0.251 e. The summed E-state index contributed by atoms with van der Waals surface area (Å²) in [5.41, 5.74) is 7.72. The zero-order valence-electron chi connectivity index (χ0n) is 11.5. The van der Waals surface area contributed by atoms with Crippen LogP contribution in [0, 0.1) is 0 Å². The van der Waals surface area contributed by atoms with Crippen LogP contribution in [-0.4, -0.2) is 36.6 Å². The third-order valence-electron chi connectivity index (χ3n) is 3.56. The second-order valence-corrected chi connectivity index (χ2v) is 4.99. The number of carbonyl (C=O) groups is 1. The lowest BCUT2D eigenvalue weighted by Gasteiger charge is -2.20. The minimum Gasteiger partial charge on any atom is -0.399 e. The Morgan fingerprint density at radius 3 is 2.74 bits per heavy atom. The van der Waals surface area contributed by atoms with Crippen LogP contribution in [0.4, 0.5) is 5.69 Å². The summed E-state index contributed by atoms with van der Waals surface area (Å²) in [5, 5.41) is 0. The van der Waals surface area contributed by atoms with E-state index >= 15 is 0 Å². The fourth-order valence-corrected chi connectivity index (χ4v) is 2.37. The van der Waals surface area contributed by atoms with Gasteiger partial charge in [0, 0.05) is 18.8 Å². The Kier molecular flexibility index (Phi) is 4.80. The van der Waals surface area contributed by atoms with E-state index in [0.717, 1.165) is 43.6 Å². The molecular weight excluding hydrogens is 240 g/mol. The molecule has 0 spiro atoms. The van der Waals surface area contributed by atoms with Crippen molar-refractivity contribution < 1.29 is 9.53 Å². The molecule has 0 aliphatic carbocycles. The molecule has 1 amide bonds. The molecule has 19 heavy (non-hydrogen) atoms. The Labute approximate surface area is 114 Å². The summed E-state index contributed by atoms with van der Waals surface area (Å²) in [5.74, 6) is 0.110. The molecule has 1 fully saturated rings. The van der Waals surface area contributed by atoms with Gasteiger partial charge in [-0.25, -0.2) is 0 Å². The van der Waals surface area contributed by atoms with Crippen LogP contribution in [-0.2, 0) is 16.0 Å². The summed E-state index contributed by atoms with van der Waals surface area (Å²) < 4.78 is 5.63. The Bertz CT molecular complexity index is 428. The molecule has 0 radical (unpaired) electrons. The van der Waals surface area contributed by atoms with Crippen molar-refractivity contribution in [3.05, 3.63) is 29.8 Å². The lowest BCUT2D eigenvalue weighted by Crippen LogP contribution is -2.37. The first-order valence-corrected chi connectivity index (χ1v) is 6.92. The first kappa shape index (κ1) is 13.9. The van der Waals surface area contributed by atoms with Crippen molar-refractivity contribution in [3.8, 4) is 0 Å². The van der Waals surface area contributed by atoms with Gasteiger partial charge in [-0.05, 0) is 37.8 Å². The van der Waals surface area contributed by atoms with Crippen LogP contribution in [0.1, 0.15) is 25.3 Å². The molecule has 1 unspecified atom stereocenters. The van der Waals surface area contributed by atoms with Crippen LogP contribution in [0.3, 0.4) is 0 Å². The molecule has 1 aliphatic rings. The highest BCUT2D eigenvalue weighted by Gasteiger charge is 2.23. The van der Waals surface area contributed by atoms with Gasteiger partial charge in [0.15, 0.2) is 0 Å². The molecule has 1 aromatic rings.